The van der Waals surface area contributed by atoms with Crippen LogP contribution in [0.1, 0.15) is 51.3 Å². The van der Waals surface area contributed by atoms with Gasteiger partial charge in [-0.2, -0.15) is 0 Å². The Morgan fingerprint density at radius 3 is 2.23 bits per heavy atom. The molecule has 0 unspecified atom stereocenters. The van der Waals surface area contributed by atoms with Gasteiger partial charge in [0.25, 0.3) is 0 Å². The van der Waals surface area contributed by atoms with Crippen LogP contribution in [0.3, 0.4) is 0 Å². The summed E-state index contributed by atoms with van der Waals surface area (Å²) >= 11 is 0. The highest BCUT2D eigenvalue weighted by Gasteiger charge is 2.19. The lowest BCUT2D eigenvalue weighted by atomic mass is 9.85. The first-order valence-electron chi connectivity index (χ1n) is 10.9. The van der Waals surface area contributed by atoms with Gasteiger partial charge in [-0.05, 0) is 61.9 Å². The maximum Gasteiger partial charge on any atom is 0.317 e. The van der Waals surface area contributed by atoms with Crippen LogP contribution in [-0.4, -0.2) is 32.5 Å². The van der Waals surface area contributed by atoms with E-state index in [1.54, 1.807) is 0 Å². The second-order valence-electron chi connectivity index (χ2n) is 8.37. The molecule has 0 aliphatic carbocycles. The molecule has 0 radical (unpaired) electrons. The molecular weight excluding hydrogens is 392 g/mol. The smallest absolute Gasteiger partial charge is 0.317 e. The molecule has 2 N–H and O–H groups in total. The molecule has 0 heterocycles. The van der Waals surface area contributed by atoms with Gasteiger partial charge in [0.15, 0.2) is 18.2 Å². The zero-order chi connectivity index (χ0) is 22.9. The molecule has 0 aliphatic rings. The van der Waals surface area contributed by atoms with E-state index in [0.29, 0.717) is 26.2 Å². The zero-order valence-corrected chi connectivity index (χ0v) is 19.6. The molecular formula is C25H36N2O4. The Bertz CT molecular complexity index is 859. The first kappa shape index (κ1) is 24.4. The van der Waals surface area contributed by atoms with E-state index in [4.69, 9.17) is 14.2 Å². The van der Waals surface area contributed by atoms with Gasteiger partial charge in [-0.15, -0.1) is 0 Å². The first-order valence-corrected chi connectivity index (χ1v) is 10.9. The lowest BCUT2D eigenvalue weighted by molar-refractivity contribution is 0.223. The van der Waals surface area contributed by atoms with E-state index >= 15 is 0 Å². The van der Waals surface area contributed by atoms with E-state index in [1.165, 1.54) is 5.56 Å². The van der Waals surface area contributed by atoms with Crippen molar-refractivity contribution < 1.29 is 19.0 Å². The van der Waals surface area contributed by atoms with Crippen LogP contribution in [0.15, 0.2) is 36.4 Å². The van der Waals surface area contributed by atoms with Crippen LogP contribution in [0, 0.1) is 6.92 Å². The fourth-order valence-electron chi connectivity index (χ4n) is 3.17. The van der Waals surface area contributed by atoms with E-state index in [0.717, 1.165) is 28.4 Å². The fraction of sp³-hybridized carbons (Fsp3) is 0.480. The monoisotopic (exact) mass is 428 g/mol. The Balaban J connectivity index is 1.81. The molecule has 2 amide bonds. The summed E-state index contributed by atoms with van der Waals surface area (Å²) in [6.07, 6.45) is 0.687. The Morgan fingerprint density at radius 1 is 0.871 bits per heavy atom. The Hall–Kier alpha value is -2.89. The van der Waals surface area contributed by atoms with Gasteiger partial charge in [0, 0.05) is 6.54 Å². The van der Waals surface area contributed by atoms with E-state index in [2.05, 4.69) is 44.4 Å². The zero-order valence-electron chi connectivity index (χ0n) is 19.6. The molecule has 0 aliphatic heterocycles. The molecule has 0 atom stereocenters. The molecule has 170 valence electrons. The minimum Gasteiger partial charge on any atom is -0.490 e. The van der Waals surface area contributed by atoms with Crippen molar-refractivity contribution in [1.82, 2.24) is 10.6 Å². The van der Waals surface area contributed by atoms with Crippen LogP contribution in [-0.2, 0) is 11.8 Å². The van der Waals surface area contributed by atoms with E-state index in [1.807, 2.05) is 44.2 Å². The number of hydrogen-bond acceptors (Lipinski definition) is 4. The van der Waals surface area contributed by atoms with Crippen molar-refractivity contribution in [3.05, 3.63) is 53.1 Å². The van der Waals surface area contributed by atoms with Gasteiger partial charge >= 0.3 is 6.03 Å². The van der Waals surface area contributed by atoms with Crippen LogP contribution in [0.5, 0.6) is 17.2 Å². The third kappa shape index (κ3) is 7.70. The van der Waals surface area contributed by atoms with Gasteiger partial charge in [-0.25, -0.2) is 4.79 Å². The van der Waals surface area contributed by atoms with Crippen LogP contribution < -0.4 is 24.8 Å². The van der Waals surface area contributed by atoms with Crippen molar-refractivity contribution in [3.63, 3.8) is 0 Å². The summed E-state index contributed by atoms with van der Waals surface area (Å²) in [6.45, 7) is 14.2. The Labute approximate surface area is 186 Å². The molecule has 31 heavy (non-hydrogen) atoms. The summed E-state index contributed by atoms with van der Waals surface area (Å²) in [5.41, 5.74) is 3.33. The number of nitrogens with one attached hydrogen (secondary N) is 2. The lowest BCUT2D eigenvalue weighted by Gasteiger charge is -2.23. The van der Waals surface area contributed by atoms with Gasteiger partial charge in [-0.1, -0.05) is 44.5 Å². The summed E-state index contributed by atoms with van der Waals surface area (Å²) in [5, 5.41) is 5.61. The average molecular weight is 429 g/mol. The Kier molecular flexibility index (Phi) is 9.03. The van der Waals surface area contributed by atoms with Gasteiger partial charge in [0.2, 0.25) is 0 Å². The quantitative estimate of drug-likeness (QED) is 0.525. The maximum atomic E-state index is 12.1. The van der Waals surface area contributed by atoms with Crippen LogP contribution in [0.25, 0.3) is 0 Å². The number of aryl methyl sites for hydroxylation is 1. The van der Waals surface area contributed by atoms with Crippen molar-refractivity contribution in [2.24, 2.45) is 0 Å². The minimum atomic E-state index is -0.264. The highest BCUT2D eigenvalue weighted by molar-refractivity contribution is 5.73. The molecule has 2 rings (SSSR count). The summed E-state index contributed by atoms with van der Waals surface area (Å²) in [4.78, 5) is 12.1. The average Bonchev–Trinajstić information content (AvgIpc) is 2.70. The predicted molar refractivity (Wildman–Crippen MR) is 124 cm³/mol. The van der Waals surface area contributed by atoms with E-state index in [-0.39, 0.29) is 18.2 Å². The SMILES string of the molecule is CCOc1ccc(CCNC(=O)NCOc2ccc(C)cc2C(C)(C)C)cc1OCC. The van der Waals surface area contributed by atoms with Gasteiger partial charge in [0.05, 0.1) is 13.2 Å². The number of amides is 2. The summed E-state index contributed by atoms with van der Waals surface area (Å²) in [7, 11) is 0. The first-order chi connectivity index (χ1) is 14.7. The number of hydrogen-bond donors (Lipinski definition) is 2. The van der Waals surface area contributed by atoms with Crippen molar-refractivity contribution in [2.45, 2.75) is 53.4 Å². The number of carbonyl (C=O) groups is 1. The number of urea groups is 1. The van der Waals surface area contributed by atoms with Crippen LogP contribution in [0.2, 0.25) is 0 Å². The summed E-state index contributed by atoms with van der Waals surface area (Å²) < 4.78 is 17.1. The highest BCUT2D eigenvalue weighted by atomic mass is 16.5. The summed E-state index contributed by atoms with van der Waals surface area (Å²) in [5.74, 6) is 2.25. The molecule has 6 nitrogen and oxygen atoms in total. The molecule has 0 saturated carbocycles. The van der Waals surface area contributed by atoms with Crippen molar-refractivity contribution in [1.29, 1.82) is 0 Å². The van der Waals surface area contributed by atoms with Gasteiger partial charge in [-0.3, -0.25) is 0 Å². The standard InChI is InChI=1S/C25H36N2O4/c1-7-29-22-12-10-19(16-23(22)30-8-2)13-14-26-24(28)27-17-31-21-11-9-18(3)15-20(21)25(4,5)6/h9-12,15-16H,7-8,13-14,17H2,1-6H3,(H2,26,27,28). The second-order valence-corrected chi connectivity index (χ2v) is 8.37. The molecule has 0 saturated heterocycles. The number of rotatable bonds is 10. The van der Waals surface area contributed by atoms with Crippen molar-refractivity contribution in [3.8, 4) is 17.2 Å². The molecule has 0 aromatic heterocycles. The number of benzene rings is 2. The molecule has 0 bridgehead atoms. The fourth-order valence-corrected chi connectivity index (χ4v) is 3.17. The number of ether oxygens (including phenoxy) is 3. The molecule has 6 heteroatoms. The molecule has 0 spiro atoms. The van der Waals surface area contributed by atoms with Gasteiger partial charge in [0.1, 0.15) is 5.75 Å². The maximum absolute atomic E-state index is 12.1. The van der Waals surface area contributed by atoms with Crippen LogP contribution >= 0.6 is 0 Å². The molecule has 0 fully saturated rings. The third-order valence-electron chi connectivity index (χ3n) is 4.71. The lowest BCUT2D eigenvalue weighted by Crippen LogP contribution is -2.38. The predicted octanol–water partition coefficient (Wildman–Crippen LogP) is 4.97. The van der Waals surface area contributed by atoms with Crippen molar-refractivity contribution in [2.75, 3.05) is 26.5 Å². The van der Waals surface area contributed by atoms with Crippen LogP contribution in [0.4, 0.5) is 4.79 Å². The summed E-state index contributed by atoms with van der Waals surface area (Å²) in [6, 6.07) is 11.7. The Morgan fingerprint density at radius 2 is 1.55 bits per heavy atom. The van der Waals surface area contributed by atoms with E-state index < -0.39 is 0 Å². The van der Waals surface area contributed by atoms with Gasteiger partial charge < -0.3 is 24.8 Å². The molecule has 2 aromatic rings. The normalized spacial score (nSPS) is 11.0. The van der Waals surface area contributed by atoms with E-state index in [9.17, 15) is 4.79 Å². The minimum absolute atomic E-state index is 0.0400. The molecule has 2 aromatic carbocycles. The third-order valence-corrected chi connectivity index (χ3v) is 4.71. The highest BCUT2D eigenvalue weighted by Crippen LogP contribution is 2.32. The topological polar surface area (TPSA) is 68.8 Å². The largest absolute Gasteiger partial charge is 0.490 e. The second kappa shape index (κ2) is 11.5. The van der Waals surface area contributed by atoms with Crippen molar-refractivity contribution >= 4 is 6.03 Å². The number of carbonyl (C=O) groups excluding carboxylic acids is 1.